The van der Waals surface area contributed by atoms with Gasteiger partial charge in [0.25, 0.3) is 0 Å². The van der Waals surface area contributed by atoms with E-state index in [1.807, 2.05) is 45.2 Å². The van der Waals surface area contributed by atoms with Crippen LogP contribution in [0.1, 0.15) is 29.7 Å². The molecule has 0 bridgehead atoms. The van der Waals surface area contributed by atoms with Gasteiger partial charge in [-0.15, -0.1) is 0 Å². The average Bonchev–Trinajstić information content (AvgIpc) is 2.52. The summed E-state index contributed by atoms with van der Waals surface area (Å²) in [6.45, 7) is 6.00. The summed E-state index contributed by atoms with van der Waals surface area (Å²) in [6, 6.07) is 12.7. The summed E-state index contributed by atoms with van der Waals surface area (Å²) >= 11 is 0. The van der Waals surface area contributed by atoms with Gasteiger partial charge in [0.2, 0.25) is 0 Å². The smallest absolute Gasteiger partial charge is 0.120 e. The van der Waals surface area contributed by atoms with E-state index in [-0.39, 0.29) is 17.5 Å². The van der Waals surface area contributed by atoms with E-state index in [2.05, 4.69) is 4.90 Å². The van der Waals surface area contributed by atoms with E-state index in [0.717, 1.165) is 23.2 Å². The van der Waals surface area contributed by atoms with Gasteiger partial charge in [-0.05, 0) is 50.2 Å². The lowest BCUT2D eigenvalue weighted by molar-refractivity contribution is 0.113. The number of hydrogen-bond acceptors (Lipinski definition) is 4. The summed E-state index contributed by atoms with van der Waals surface area (Å²) in [5.41, 5.74) is 2.88. The minimum atomic E-state index is -0.100. The van der Waals surface area contributed by atoms with Crippen molar-refractivity contribution < 1.29 is 14.9 Å². The van der Waals surface area contributed by atoms with Crippen LogP contribution >= 0.6 is 0 Å². The van der Waals surface area contributed by atoms with Gasteiger partial charge in [0.15, 0.2) is 0 Å². The molecular formula is C19H25NO3. The Balaban J connectivity index is 2.35. The molecule has 2 rings (SSSR count). The number of phenolic OH excluding ortho intramolecular Hbond substituents is 2. The molecular weight excluding hydrogens is 290 g/mol. The second-order valence-electron chi connectivity index (χ2n) is 5.73. The van der Waals surface area contributed by atoms with Crippen molar-refractivity contribution in [2.45, 2.75) is 19.9 Å². The molecule has 0 fully saturated rings. The molecule has 0 saturated carbocycles. The van der Waals surface area contributed by atoms with Crippen LogP contribution in [0, 0.1) is 6.92 Å². The number of benzene rings is 2. The normalized spacial score (nSPS) is 12.5. The van der Waals surface area contributed by atoms with Crippen LogP contribution < -0.4 is 0 Å². The Morgan fingerprint density at radius 1 is 1.09 bits per heavy atom. The molecule has 0 heterocycles. The summed E-state index contributed by atoms with van der Waals surface area (Å²) in [5.74, 6) is 0.518. The first-order valence-corrected chi connectivity index (χ1v) is 7.89. The van der Waals surface area contributed by atoms with E-state index in [4.69, 9.17) is 4.74 Å². The van der Waals surface area contributed by atoms with Crippen molar-refractivity contribution in [3.8, 4) is 11.5 Å². The number of phenols is 2. The number of likely N-dealkylation sites (N-methyl/N-ethyl adjacent to an activating group) is 1. The van der Waals surface area contributed by atoms with Crippen LogP contribution in [0.2, 0.25) is 0 Å². The summed E-state index contributed by atoms with van der Waals surface area (Å²) in [4.78, 5) is 2.15. The van der Waals surface area contributed by atoms with Gasteiger partial charge in [-0.1, -0.05) is 24.3 Å². The SMILES string of the molecule is CCOCCN(C)C(c1ccc(O)cc1)c1ccc(C)cc1O. The van der Waals surface area contributed by atoms with Crippen molar-refractivity contribution in [2.75, 3.05) is 26.8 Å². The highest BCUT2D eigenvalue weighted by atomic mass is 16.5. The molecule has 0 aromatic heterocycles. The van der Waals surface area contributed by atoms with Gasteiger partial charge in [0.05, 0.1) is 12.6 Å². The number of rotatable bonds is 7. The Morgan fingerprint density at radius 3 is 2.39 bits per heavy atom. The molecule has 4 nitrogen and oxygen atoms in total. The van der Waals surface area contributed by atoms with Gasteiger partial charge in [-0.3, -0.25) is 4.90 Å². The molecule has 124 valence electrons. The molecule has 2 aromatic rings. The number of ether oxygens (including phenoxy) is 1. The third-order valence-corrected chi connectivity index (χ3v) is 3.92. The molecule has 0 aliphatic rings. The number of aryl methyl sites for hydroxylation is 1. The van der Waals surface area contributed by atoms with Gasteiger partial charge in [0, 0.05) is 18.7 Å². The molecule has 2 N–H and O–H groups in total. The number of aromatic hydroxyl groups is 2. The predicted molar refractivity (Wildman–Crippen MR) is 91.9 cm³/mol. The minimum absolute atomic E-state index is 0.100. The van der Waals surface area contributed by atoms with Gasteiger partial charge >= 0.3 is 0 Å². The monoisotopic (exact) mass is 315 g/mol. The van der Waals surface area contributed by atoms with Crippen molar-refractivity contribution in [1.29, 1.82) is 0 Å². The summed E-state index contributed by atoms with van der Waals surface area (Å²) < 4.78 is 5.45. The Kier molecular flexibility index (Phi) is 6.02. The lowest BCUT2D eigenvalue weighted by Gasteiger charge is -2.29. The highest BCUT2D eigenvalue weighted by molar-refractivity contribution is 5.43. The molecule has 0 amide bonds. The minimum Gasteiger partial charge on any atom is -0.508 e. The first kappa shape index (κ1) is 17.3. The van der Waals surface area contributed by atoms with Crippen LogP contribution in [0.3, 0.4) is 0 Å². The highest BCUT2D eigenvalue weighted by Gasteiger charge is 2.22. The van der Waals surface area contributed by atoms with E-state index in [1.165, 1.54) is 0 Å². The molecule has 0 aliphatic carbocycles. The van der Waals surface area contributed by atoms with Crippen LogP contribution in [0.15, 0.2) is 42.5 Å². The molecule has 23 heavy (non-hydrogen) atoms. The van der Waals surface area contributed by atoms with Crippen molar-refractivity contribution in [2.24, 2.45) is 0 Å². The largest absolute Gasteiger partial charge is 0.508 e. The van der Waals surface area contributed by atoms with Gasteiger partial charge in [-0.2, -0.15) is 0 Å². The van der Waals surface area contributed by atoms with Crippen LogP contribution in [0.4, 0.5) is 0 Å². The quantitative estimate of drug-likeness (QED) is 0.768. The van der Waals surface area contributed by atoms with Gasteiger partial charge < -0.3 is 14.9 Å². The number of hydrogen-bond donors (Lipinski definition) is 2. The molecule has 1 unspecified atom stereocenters. The Morgan fingerprint density at radius 2 is 1.78 bits per heavy atom. The highest BCUT2D eigenvalue weighted by Crippen LogP contribution is 2.34. The van der Waals surface area contributed by atoms with Crippen molar-refractivity contribution in [1.82, 2.24) is 4.90 Å². The first-order valence-electron chi connectivity index (χ1n) is 7.89. The molecule has 2 aromatic carbocycles. The van der Waals surface area contributed by atoms with E-state index < -0.39 is 0 Å². The maximum Gasteiger partial charge on any atom is 0.120 e. The molecule has 4 heteroatoms. The first-order chi connectivity index (χ1) is 11.0. The second kappa shape index (κ2) is 7.99. The predicted octanol–water partition coefficient (Wildman–Crippen LogP) is 3.46. The molecule has 0 saturated heterocycles. The van der Waals surface area contributed by atoms with Crippen molar-refractivity contribution >= 4 is 0 Å². The Labute approximate surface area is 138 Å². The summed E-state index contributed by atoms with van der Waals surface area (Å²) in [5, 5.41) is 19.9. The third kappa shape index (κ3) is 4.47. The molecule has 0 radical (unpaired) electrons. The average molecular weight is 315 g/mol. The second-order valence-corrected chi connectivity index (χ2v) is 5.73. The standard InChI is InChI=1S/C19H25NO3/c1-4-23-12-11-20(3)19(15-6-8-16(21)9-7-15)17-10-5-14(2)13-18(17)22/h5-10,13,19,21-22H,4,11-12H2,1-3H3. The van der Waals surface area contributed by atoms with Crippen molar-refractivity contribution in [3.63, 3.8) is 0 Å². The molecule has 1 atom stereocenters. The maximum absolute atomic E-state index is 10.4. The van der Waals surface area contributed by atoms with E-state index >= 15 is 0 Å². The van der Waals surface area contributed by atoms with E-state index in [0.29, 0.717) is 13.2 Å². The zero-order chi connectivity index (χ0) is 16.8. The molecule has 0 aliphatic heterocycles. The zero-order valence-corrected chi connectivity index (χ0v) is 14.0. The van der Waals surface area contributed by atoms with Gasteiger partial charge in [-0.25, -0.2) is 0 Å². The van der Waals surface area contributed by atoms with Crippen LogP contribution in [0.25, 0.3) is 0 Å². The fourth-order valence-electron chi connectivity index (χ4n) is 2.69. The number of nitrogens with zero attached hydrogens (tertiary/aromatic N) is 1. The van der Waals surface area contributed by atoms with E-state index in [1.54, 1.807) is 18.2 Å². The molecule has 0 spiro atoms. The third-order valence-electron chi connectivity index (χ3n) is 3.92. The van der Waals surface area contributed by atoms with Crippen LogP contribution in [0.5, 0.6) is 11.5 Å². The topological polar surface area (TPSA) is 52.9 Å². The lowest BCUT2D eigenvalue weighted by Crippen LogP contribution is -2.29. The van der Waals surface area contributed by atoms with Gasteiger partial charge in [0.1, 0.15) is 11.5 Å². The van der Waals surface area contributed by atoms with Crippen LogP contribution in [-0.2, 0) is 4.74 Å². The Bertz CT molecular complexity index is 625. The zero-order valence-electron chi connectivity index (χ0n) is 14.0. The summed E-state index contributed by atoms with van der Waals surface area (Å²) in [7, 11) is 2.01. The fourth-order valence-corrected chi connectivity index (χ4v) is 2.69. The van der Waals surface area contributed by atoms with E-state index in [9.17, 15) is 10.2 Å². The van der Waals surface area contributed by atoms with Crippen LogP contribution in [-0.4, -0.2) is 41.9 Å². The van der Waals surface area contributed by atoms with Crippen molar-refractivity contribution in [3.05, 3.63) is 59.2 Å². The lowest BCUT2D eigenvalue weighted by atomic mass is 9.95. The maximum atomic E-state index is 10.4. The fraction of sp³-hybridized carbons (Fsp3) is 0.368. The summed E-state index contributed by atoms with van der Waals surface area (Å²) in [6.07, 6.45) is 0. The Hall–Kier alpha value is -2.04.